The third-order valence-electron chi connectivity index (χ3n) is 2.23. The lowest BCUT2D eigenvalue weighted by molar-refractivity contribution is 0.0188. The van der Waals surface area contributed by atoms with Gasteiger partial charge in [0.25, 0.3) is 0 Å². The first-order valence-corrected chi connectivity index (χ1v) is 9.56. The van der Waals surface area contributed by atoms with Crippen LogP contribution in [-0.2, 0) is 20.4 Å². The number of aliphatic hydroxyl groups is 1. The van der Waals surface area contributed by atoms with E-state index in [1.54, 1.807) is 0 Å². The zero-order valence-corrected chi connectivity index (χ0v) is 14.2. The molecule has 0 unspecified atom stereocenters. The van der Waals surface area contributed by atoms with Crippen LogP contribution in [0.4, 0.5) is 10.6 Å². The molecule has 8 N–H and O–H groups in total. The average Bonchev–Trinajstić information content (AvgIpc) is 2.44. The van der Waals surface area contributed by atoms with Crippen LogP contribution >= 0.6 is 15.2 Å². The molecule has 1 atom stereocenters. The van der Waals surface area contributed by atoms with Crippen molar-refractivity contribution in [2.75, 3.05) is 18.7 Å². The Hall–Kier alpha value is -1.63. The molecule has 0 aliphatic heterocycles. The number of aliphatic hydroxyl groups excluding tert-OH is 1. The summed E-state index contributed by atoms with van der Waals surface area (Å²) in [7, 11) is -9.13. The molecule has 0 bridgehead atoms. The van der Waals surface area contributed by atoms with E-state index in [1.807, 2.05) is 0 Å². The van der Waals surface area contributed by atoms with Gasteiger partial charge in [0, 0.05) is 6.20 Å². The molecule has 0 aliphatic rings. The number of carbonyl (C=O) groups is 1. The van der Waals surface area contributed by atoms with E-state index in [9.17, 15) is 18.7 Å². The minimum Gasteiger partial charge on any atom is -0.472 e. The monoisotopic (exact) mass is 405 g/mol. The molecule has 14 nitrogen and oxygen atoms in total. The number of rotatable bonds is 7. The number of aromatic nitrogens is 2. The molecule has 144 valence electrons. The van der Waals surface area contributed by atoms with E-state index < -0.39 is 45.7 Å². The fourth-order valence-electron chi connectivity index (χ4n) is 1.17. The van der Waals surface area contributed by atoms with E-state index in [4.69, 9.17) is 40.3 Å². The van der Waals surface area contributed by atoms with Gasteiger partial charge in [0.05, 0.1) is 19.3 Å². The molecule has 0 fully saturated rings. The minimum atomic E-state index is -4.82. The highest BCUT2D eigenvalue weighted by atomic mass is 31.2. The second-order valence-corrected chi connectivity index (χ2v) is 7.44. The minimum absolute atomic E-state index is 0.0629. The zero-order valence-electron chi connectivity index (χ0n) is 12.4. The van der Waals surface area contributed by atoms with Crippen LogP contribution < -0.4 is 11.4 Å². The van der Waals surface area contributed by atoms with Crippen LogP contribution in [0, 0.1) is 0 Å². The third-order valence-corrected chi connectivity index (χ3v) is 3.21. The second kappa shape index (κ2) is 9.75. The summed E-state index contributed by atoms with van der Waals surface area (Å²) in [4.78, 5) is 56.6. The predicted molar refractivity (Wildman–Crippen MR) is 81.8 cm³/mol. The highest BCUT2D eigenvalue weighted by Gasteiger charge is 2.23. The summed E-state index contributed by atoms with van der Waals surface area (Å²) in [6, 6.07) is 1.39. The maximum Gasteiger partial charge on any atom is 0.433 e. The van der Waals surface area contributed by atoms with Gasteiger partial charge in [-0.3, -0.25) is 9.13 Å². The normalized spacial score (nSPS) is 12.8. The molecule has 1 aromatic heterocycles. The quantitative estimate of drug-likeness (QED) is 0.247. The van der Waals surface area contributed by atoms with Crippen LogP contribution in [0.15, 0.2) is 17.1 Å². The van der Waals surface area contributed by atoms with Crippen molar-refractivity contribution < 1.29 is 48.4 Å². The van der Waals surface area contributed by atoms with Crippen molar-refractivity contribution in [3.05, 3.63) is 22.7 Å². The summed E-state index contributed by atoms with van der Waals surface area (Å²) >= 11 is 0. The van der Waals surface area contributed by atoms with Gasteiger partial charge in [-0.15, -0.1) is 0 Å². The average molecular weight is 405 g/mol. The van der Waals surface area contributed by atoms with Gasteiger partial charge in [-0.2, -0.15) is 4.98 Å². The van der Waals surface area contributed by atoms with Gasteiger partial charge in [0.15, 0.2) is 0 Å². The van der Waals surface area contributed by atoms with E-state index in [0.29, 0.717) is 0 Å². The number of nitrogen functional groups attached to an aromatic ring is 1. The highest BCUT2D eigenvalue weighted by Crippen LogP contribution is 2.34. The van der Waals surface area contributed by atoms with E-state index in [-0.39, 0.29) is 12.4 Å². The fourth-order valence-corrected chi connectivity index (χ4v) is 1.57. The standard InChI is InChI=1S/C8H14N3O6P.CH3O5P/c9-7-1-2-11(8(13)10-7)3-6(4-12)17-5-18(14,15)16;2-1(3)7(4,5)6/h1-2,6,12H,3-5H2,(H2,9,10,13)(H2,14,15,16);(H,2,3)(H2,4,5,6)/t6-;/m0./s1. The number of nitrogens with zero attached hydrogens (tertiary/aromatic N) is 2. The first-order valence-electron chi connectivity index (χ1n) is 6.15. The topological polar surface area (TPSA) is 243 Å². The van der Waals surface area contributed by atoms with Gasteiger partial charge < -0.3 is 40.3 Å². The van der Waals surface area contributed by atoms with Crippen molar-refractivity contribution in [3.63, 3.8) is 0 Å². The Labute approximate surface area is 139 Å². The van der Waals surface area contributed by atoms with Crippen LogP contribution in [0.1, 0.15) is 0 Å². The molecule has 0 saturated heterocycles. The summed E-state index contributed by atoms with van der Waals surface area (Å²) in [5, 5.41) is 16.5. The van der Waals surface area contributed by atoms with Crippen LogP contribution in [0.2, 0.25) is 0 Å². The molecule has 1 heterocycles. The van der Waals surface area contributed by atoms with Crippen LogP contribution in [0.25, 0.3) is 0 Å². The summed E-state index contributed by atoms with van der Waals surface area (Å²) in [5.74, 6) is 0.0629. The Balaban J connectivity index is 0.000000697. The SMILES string of the molecule is Nc1ccn(C[C@@H](CO)OCP(=O)(O)O)c(=O)n1.O=C(O)P(=O)(O)O. The van der Waals surface area contributed by atoms with E-state index >= 15 is 0 Å². The lowest BCUT2D eigenvalue weighted by Gasteiger charge is -2.16. The largest absolute Gasteiger partial charge is 0.472 e. The molecule has 0 aromatic carbocycles. The number of nitrogens with two attached hydrogens (primary N) is 1. The van der Waals surface area contributed by atoms with Crippen molar-refractivity contribution in [2.24, 2.45) is 0 Å². The third kappa shape index (κ3) is 10.8. The fraction of sp³-hybridized carbons (Fsp3) is 0.444. The Morgan fingerprint density at radius 1 is 1.32 bits per heavy atom. The van der Waals surface area contributed by atoms with Gasteiger partial charge in [-0.05, 0) is 6.07 Å². The van der Waals surface area contributed by atoms with E-state index in [1.165, 1.54) is 12.3 Å². The first kappa shape index (κ1) is 23.4. The van der Waals surface area contributed by atoms with Gasteiger partial charge in [0.2, 0.25) is 0 Å². The molecule has 0 saturated carbocycles. The zero-order chi connectivity index (χ0) is 19.8. The Kier molecular flexibility index (Phi) is 9.11. The maximum absolute atomic E-state index is 11.4. The predicted octanol–water partition coefficient (Wildman–Crippen LogP) is -1.82. The number of anilines is 1. The second-order valence-electron chi connectivity index (χ2n) is 4.38. The first-order chi connectivity index (χ1) is 11.3. The maximum atomic E-state index is 11.4. The number of carboxylic acid groups (broad SMARTS) is 1. The number of hydrogen-bond donors (Lipinski definition) is 7. The smallest absolute Gasteiger partial charge is 0.433 e. The summed E-state index contributed by atoms with van der Waals surface area (Å²) in [6.45, 7) is -0.570. The lowest BCUT2D eigenvalue weighted by atomic mass is 10.3. The summed E-state index contributed by atoms with van der Waals surface area (Å²) in [5.41, 5.74) is 2.58. The van der Waals surface area contributed by atoms with Gasteiger partial charge >= 0.3 is 26.6 Å². The van der Waals surface area contributed by atoms with E-state index in [0.717, 1.165) is 4.57 Å². The molecule has 0 radical (unpaired) electrons. The van der Waals surface area contributed by atoms with Gasteiger partial charge in [-0.1, -0.05) is 0 Å². The molecule has 25 heavy (non-hydrogen) atoms. The molecule has 1 aromatic rings. The van der Waals surface area contributed by atoms with E-state index in [2.05, 4.69) is 4.98 Å². The number of hydrogen-bond acceptors (Lipinski definition) is 8. The molecular formula is C9H17N3O11P2. The molecule has 0 amide bonds. The summed E-state index contributed by atoms with van der Waals surface area (Å²) < 4.78 is 26.0. The number of ether oxygens (including phenoxy) is 1. The van der Waals surface area contributed by atoms with Crippen molar-refractivity contribution in [2.45, 2.75) is 12.6 Å². The molecule has 1 rings (SSSR count). The van der Waals surface area contributed by atoms with Crippen LogP contribution in [0.5, 0.6) is 0 Å². The Morgan fingerprint density at radius 2 is 1.84 bits per heavy atom. The van der Waals surface area contributed by atoms with Gasteiger partial charge in [-0.25, -0.2) is 14.2 Å². The molecular weight excluding hydrogens is 388 g/mol. The molecule has 0 aliphatic carbocycles. The van der Waals surface area contributed by atoms with Crippen molar-refractivity contribution in [3.8, 4) is 0 Å². The Morgan fingerprint density at radius 3 is 2.20 bits per heavy atom. The molecule has 16 heteroatoms. The van der Waals surface area contributed by atoms with Crippen LogP contribution in [-0.4, -0.2) is 64.1 Å². The summed E-state index contributed by atoms with van der Waals surface area (Å²) in [6.07, 6.45) is -0.385. The van der Waals surface area contributed by atoms with Crippen LogP contribution in [0.3, 0.4) is 0 Å². The van der Waals surface area contributed by atoms with Gasteiger partial charge in [0.1, 0.15) is 12.2 Å². The van der Waals surface area contributed by atoms with Crippen molar-refractivity contribution in [1.29, 1.82) is 0 Å². The Bertz CT molecular complexity index is 724. The molecule has 0 spiro atoms. The van der Waals surface area contributed by atoms with Crippen molar-refractivity contribution >= 4 is 26.7 Å². The highest BCUT2D eigenvalue weighted by molar-refractivity contribution is 7.69. The lowest BCUT2D eigenvalue weighted by Crippen LogP contribution is -2.32. The van der Waals surface area contributed by atoms with Crippen molar-refractivity contribution in [1.82, 2.24) is 9.55 Å².